The molecule has 2 aliphatic rings. The third-order valence-corrected chi connectivity index (χ3v) is 5.68. The Morgan fingerprint density at radius 2 is 2.09 bits per heavy atom. The minimum Gasteiger partial charge on any atom is -0.478 e. The highest BCUT2D eigenvalue weighted by molar-refractivity contribution is 7.93. The second-order valence-electron chi connectivity index (χ2n) is 5.12. The summed E-state index contributed by atoms with van der Waals surface area (Å²) in [5, 5.41) is 3.36. The molecule has 0 unspecified atom stereocenters. The van der Waals surface area contributed by atoms with Gasteiger partial charge in [-0.2, -0.15) is 5.10 Å². The molecule has 1 aromatic rings. The second kappa shape index (κ2) is 6.29. The Kier molecular flexibility index (Phi) is 4.36. The van der Waals surface area contributed by atoms with E-state index in [4.69, 9.17) is 16.3 Å². The van der Waals surface area contributed by atoms with Gasteiger partial charge in [0.25, 0.3) is 0 Å². The monoisotopic (exact) mass is 355 g/mol. The van der Waals surface area contributed by atoms with E-state index in [0.717, 1.165) is 0 Å². The quantitative estimate of drug-likeness (QED) is 0.784. The number of hydrazone groups is 1. The molecule has 2 aliphatic heterocycles. The SMILES string of the molecule is O=C(C1=NNC[C@H]1S(=O)(=O)CC1=NCCO1)c1ccc(Cl)cc1. The molecule has 122 valence electrons. The van der Waals surface area contributed by atoms with Crippen molar-refractivity contribution in [3.05, 3.63) is 34.9 Å². The molecule has 1 atom stereocenters. The molecule has 23 heavy (non-hydrogen) atoms. The Hall–Kier alpha value is -1.93. The Labute approximate surface area is 138 Å². The maximum atomic E-state index is 12.5. The van der Waals surface area contributed by atoms with Crippen LogP contribution in [0.15, 0.2) is 34.4 Å². The first kappa shape index (κ1) is 15.9. The van der Waals surface area contributed by atoms with Gasteiger partial charge in [-0.15, -0.1) is 0 Å². The molecule has 0 saturated heterocycles. The molecular formula is C14H14ClN3O4S. The summed E-state index contributed by atoms with van der Waals surface area (Å²) in [5.41, 5.74) is 2.91. The van der Waals surface area contributed by atoms with E-state index in [1.165, 1.54) is 0 Å². The number of aliphatic imine (C=N–C) groups is 1. The number of Topliss-reactive ketones (excluding diaryl/α,β-unsaturated/α-hetero) is 1. The summed E-state index contributed by atoms with van der Waals surface area (Å²) < 4.78 is 30.2. The third-order valence-electron chi connectivity index (χ3n) is 3.53. The highest BCUT2D eigenvalue weighted by Gasteiger charge is 2.39. The Morgan fingerprint density at radius 3 is 2.74 bits per heavy atom. The Balaban J connectivity index is 1.82. The van der Waals surface area contributed by atoms with Gasteiger partial charge in [-0.1, -0.05) is 11.6 Å². The van der Waals surface area contributed by atoms with Crippen LogP contribution in [0.25, 0.3) is 0 Å². The number of hydrogen-bond donors (Lipinski definition) is 1. The molecule has 0 aromatic heterocycles. The fourth-order valence-electron chi connectivity index (χ4n) is 2.37. The van der Waals surface area contributed by atoms with Crippen molar-refractivity contribution in [3.8, 4) is 0 Å². The van der Waals surface area contributed by atoms with Gasteiger partial charge in [0.05, 0.1) is 13.1 Å². The highest BCUT2D eigenvalue weighted by atomic mass is 35.5. The number of carbonyl (C=O) groups excluding carboxylic acids is 1. The fraction of sp³-hybridized carbons (Fsp3) is 0.357. The first-order chi connectivity index (χ1) is 11.0. The van der Waals surface area contributed by atoms with Gasteiger partial charge in [-0.25, -0.2) is 8.42 Å². The minimum atomic E-state index is -3.65. The molecule has 1 aromatic carbocycles. The zero-order chi connectivity index (χ0) is 16.4. The summed E-state index contributed by atoms with van der Waals surface area (Å²) in [5.74, 6) is -0.573. The molecule has 0 saturated carbocycles. The van der Waals surface area contributed by atoms with E-state index in [1.54, 1.807) is 24.3 Å². The smallest absolute Gasteiger partial charge is 0.210 e. The van der Waals surface area contributed by atoms with Crippen molar-refractivity contribution in [1.82, 2.24) is 5.43 Å². The summed E-state index contributed by atoms with van der Waals surface area (Å²) in [6.07, 6.45) is 0. The van der Waals surface area contributed by atoms with Gasteiger partial charge in [0.2, 0.25) is 5.78 Å². The minimum absolute atomic E-state index is 0.0223. The lowest BCUT2D eigenvalue weighted by Gasteiger charge is -2.12. The maximum Gasteiger partial charge on any atom is 0.210 e. The molecule has 3 rings (SSSR count). The molecule has 0 spiro atoms. The molecule has 1 N–H and O–H groups in total. The van der Waals surface area contributed by atoms with Crippen molar-refractivity contribution < 1.29 is 17.9 Å². The lowest BCUT2D eigenvalue weighted by atomic mass is 10.1. The van der Waals surface area contributed by atoms with E-state index < -0.39 is 20.9 Å². The Bertz CT molecular complexity index is 787. The van der Waals surface area contributed by atoms with E-state index in [0.29, 0.717) is 23.7 Å². The number of halogens is 1. The molecule has 0 amide bonds. The first-order valence-electron chi connectivity index (χ1n) is 6.96. The fourth-order valence-corrected chi connectivity index (χ4v) is 4.04. The standard InChI is InChI=1S/C14H14ClN3O4S/c15-10-3-1-9(2-4-10)14(19)13-11(7-17-18-13)23(20,21)8-12-16-5-6-22-12/h1-4,11,17H,5-8H2/t11-/m1/s1. The second-order valence-corrected chi connectivity index (χ2v) is 7.73. The Morgan fingerprint density at radius 1 is 1.35 bits per heavy atom. The number of ether oxygens (including phenoxy) is 1. The summed E-state index contributed by atoms with van der Waals surface area (Å²) in [6.45, 7) is 0.904. The first-order valence-corrected chi connectivity index (χ1v) is 9.05. The van der Waals surface area contributed by atoms with Gasteiger partial charge in [0, 0.05) is 10.6 Å². The van der Waals surface area contributed by atoms with Crippen molar-refractivity contribution in [1.29, 1.82) is 0 Å². The molecule has 7 nitrogen and oxygen atoms in total. The number of sulfone groups is 1. The van der Waals surface area contributed by atoms with Crippen LogP contribution in [0.1, 0.15) is 10.4 Å². The molecule has 2 heterocycles. The molecule has 0 fully saturated rings. The maximum absolute atomic E-state index is 12.5. The van der Waals surface area contributed by atoms with Gasteiger partial charge in [-0.3, -0.25) is 9.79 Å². The summed E-state index contributed by atoms with van der Waals surface area (Å²) in [7, 11) is -3.65. The van der Waals surface area contributed by atoms with Gasteiger partial charge in [-0.05, 0) is 24.3 Å². The van der Waals surface area contributed by atoms with Crippen molar-refractivity contribution in [2.24, 2.45) is 10.1 Å². The number of rotatable bonds is 5. The van der Waals surface area contributed by atoms with Gasteiger partial charge >= 0.3 is 0 Å². The average molecular weight is 356 g/mol. The molecule has 0 bridgehead atoms. The van der Waals surface area contributed by atoms with E-state index in [-0.39, 0.29) is 23.9 Å². The van der Waals surface area contributed by atoms with Crippen LogP contribution in [0.5, 0.6) is 0 Å². The zero-order valence-electron chi connectivity index (χ0n) is 12.0. The van der Waals surface area contributed by atoms with Crippen LogP contribution in [0.2, 0.25) is 5.02 Å². The van der Waals surface area contributed by atoms with Crippen LogP contribution in [0.4, 0.5) is 0 Å². The summed E-state index contributed by atoms with van der Waals surface area (Å²) in [6, 6.07) is 6.23. The van der Waals surface area contributed by atoms with Crippen molar-refractivity contribution in [2.75, 3.05) is 25.4 Å². The van der Waals surface area contributed by atoms with Crippen molar-refractivity contribution in [2.45, 2.75) is 5.25 Å². The van der Waals surface area contributed by atoms with Crippen molar-refractivity contribution >= 4 is 38.8 Å². The van der Waals surface area contributed by atoms with Crippen LogP contribution in [-0.4, -0.2) is 56.5 Å². The number of hydrogen-bond acceptors (Lipinski definition) is 7. The van der Waals surface area contributed by atoms with Gasteiger partial charge in [0.15, 0.2) is 15.7 Å². The zero-order valence-corrected chi connectivity index (χ0v) is 13.6. The summed E-state index contributed by atoms with van der Waals surface area (Å²) in [4.78, 5) is 16.5. The molecule has 0 aliphatic carbocycles. The third kappa shape index (κ3) is 3.37. The van der Waals surface area contributed by atoms with Gasteiger partial charge < -0.3 is 10.2 Å². The van der Waals surface area contributed by atoms with Crippen LogP contribution in [-0.2, 0) is 14.6 Å². The lowest BCUT2D eigenvalue weighted by molar-refractivity contribution is 0.106. The van der Waals surface area contributed by atoms with E-state index in [2.05, 4.69) is 15.5 Å². The van der Waals surface area contributed by atoms with E-state index >= 15 is 0 Å². The predicted molar refractivity (Wildman–Crippen MR) is 87.0 cm³/mol. The van der Waals surface area contributed by atoms with Crippen LogP contribution in [0, 0.1) is 0 Å². The lowest BCUT2D eigenvalue weighted by Crippen LogP contribution is -2.39. The number of nitrogens with one attached hydrogen (secondary N) is 1. The van der Waals surface area contributed by atoms with E-state index in [1.807, 2.05) is 0 Å². The van der Waals surface area contributed by atoms with E-state index in [9.17, 15) is 13.2 Å². The topological polar surface area (TPSA) is 97.2 Å². The number of ketones is 1. The van der Waals surface area contributed by atoms with Crippen molar-refractivity contribution in [3.63, 3.8) is 0 Å². The van der Waals surface area contributed by atoms with Gasteiger partial charge in [0.1, 0.15) is 23.3 Å². The average Bonchev–Trinajstić information content (AvgIpc) is 3.18. The number of benzene rings is 1. The molecule has 0 radical (unpaired) electrons. The predicted octanol–water partition coefficient (Wildman–Crippen LogP) is 0.694. The summed E-state index contributed by atoms with van der Waals surface area (Å²) >= 11 is 5.80. The largest absolute Gasteiger partial charge is 0.478 e. The molecule has 9 heteroatoms. The van der Waals surface area contributed by atoms with Crippen LogP contribution in [0.3, 0.4) is 0 Å². The molecular weight excluding hydrogens is 342 g/mol. The normalized spacial score (nSPS) is 20.5. The van der Waals surface area contributed by atoms with Crippen LogP contribution >= 0.6 is 11.6 Å². The number of carbonyl (C=O) groups is 1. The van der Waals surface area contributed by atoms with Crippen LogP contribution < -0.4 is 5.43 Å². The highest BCUT2D eigenvalue weighted by Crippen LogP contribution is 2.17. The number of nitrogens with zero attached hydrogens (tertiary/aromatic N) is 2.